The van der Waals surface area contributed by atoms with E-state index in [2.05, 4.69) is 5.92 Å². The van der Waals surface area contributed by atoms with Crippen LogP contribution in [0.5, 0.6) is 0 Å². The highest BCUT2D eigenvalue weighted by Gasteiger charge is 1.93. The average molecular weight is 141 g/mol. The van der Waals surface area contributed by atoms with Crippen molar-refractivity contribution in [3.8, 4) is 18.4 Å². The molecule has 11 heavy (non-hydrogen) atoms. The minimum atomic E-state index is 0.623. The molecule has 0 spiro atoms. The second-order valence-electron chi connectivity index (χ2n) is 2.34. The minimum absolute atomic E-state index is 0.623. The molecular formula is C10H7N. The molecule has 1 rings (SSSR count). The topological polar surface area (TPSA) is 23.8 Å². The third-order valence-corrected chi connectivity index (χ3v) is 1.37. The number of terminal acetylenes is 1. The molecule has 0 aliphatic rings. The van der Waals surface area contributed by atoms with Gasteiger partial charge in [-0.25, -0.2) is 0 Å². The van der Waals surface area contributed by atoms with Crippen LogP contribution in [0.15, 0.2) is 18.2 Å². The van der Waals surface area contributed by atoms with Crippen LogP contribution in [-0.2, 0) is 0 Å². The van der Waals surface area contributed by atoms with Gasteiger partial charge in [0, 0.05) is 5.56 Å². The third-order valence-electron chi connectivity index (χ3n) is 1.37. The molecule has 0 amide bonds. The van der Waals surface area contributed by atoms with Gasteiger partial charge in [0.2, 0.25) is 0 Å². The Labute approximate surface area is 66.3 Å². The Bertz CT molecular complexity index is 318. The van der Waals surface area contributed by atoms with Crippen molar-refractivity contribution in [2.75, 3.05) is 0 Å². The summed E-state index contributed by atoms with van der Waals surface area (Å²) in [5, 5.41) is 8.56. The molecule has 0 aliphatic heterocycles. The summed E-state index contributed by atoms with van der Waals surface area (Å²) in [7, 11) is 0. The number of rotatable bonds is 0. The summed E-state index contributed by atoms with van der Waals surface area (Å²) < 4.78 is 0. The standard InChI is InChI=1S/C10H7N/c1-3-9-4-8(2)5-10(6-9)7-11/h1,4-6H,2H3. The normalized spacial score (nSPS) is 8.27. The van der Waals surface area contributed by atoms with Crippen LogP contribution in [-0.4, -0.2) is 0 Å². The van der Waals surface area contributed by atoms with E-state index in [1.807, 2.05) is 19.1 Å². The molecular weight excluding hydrogens is 134 g/mol. The summed E-state index contributed by atoms with van der Waals surface area (Å²) >= 11 is 0. The molecule has 0 fully saturated rings. The van der Waals surface area contributed by atoms with Gasteiger partial charge in [-0.05, 0) is 30.7 Å². The van der Waals surface area contributed by atoms with Crippen LogP contribution >= 0.6 is 0 Å². The van der Waals surface area contributed by atoms with Gasteiger partial charge in [0.15, 0.2) is 0 Å². The Morgan fingerprint density at radius 2 is 1.91 bits per heavy atom. The maximum absolute atomic E-state index is 8.56. The van der Waals surface area contributed by atoms with E-state index in [-0.39, 0.29) is 0 Å². The number of aryl methyl sites for hydroxylation is 1. The lowest BCUT2D eigenvalue weighted by molar-refractivity contribution is 1.41. The van der Waals surface area contributed by atoms with Crippen LogP contribution < -0.4 is 0 Å². The first-order valence-electron chi connectivity index (χ1n) is 3.24. The van der Waals surface area contributed by atoms with Gasteiger partial charge < -0.3 is 0 Å². The Hall–Kier alpha value is -1.73. The summed E-state index contributed by atoms with van der Waals surface area (Å²) in [5.41, 5.74) is 2.41. The molecule has 0 N–H and O–H groups in total. The van der Waals surface area contributed by atoms with Crippen LogP contribution in [0.1, 0.15) is 16.7 Å². The maximum Gasteiger partial charge on any atom is 0.0992 e. The molecule has 0 heterocycles. The fourth-order valence-electron chi connectivity index (χ4n) is 0.931. The van der Waals surface area contributed by atoms with Crippen molar-refractivity contribution in [3.63, 3.8) is 0 Å². The van der Waals surface area contributed by atoms with Gasteiger partial charge in [-0.1, -0.05) is 5.92 Å². The maximum atomic E-state index is 8.56. The van der Waals surface area contributed by atoms with Crippen molar-refractivity contribution >= 4 is 0 Å². The molecule has 1 heteroatoms. The zero-order valence-electron chi connectivity index (χ0n) is 6.26. The first-order chi connectivity index (χ1) is 5.26. The fourth-order valence-corrected chi connectivity index (χ4v) is 0.931. The number of nitrogens with zero attached hydrogens (tertiary/aromatic N) is 1. The lowest BCUT2D eigenvalue weighted by Crippen LogP contribution is -1.81. The van der Waals surface area contributed by atoms with Crippen molar-refractivity contribution in [2.45, 2.75) is 6.92 Å². The average Bonchev–Trinajstić information content (AvgIpc) is 2.03. The predicted molar refractivity (Wildman–Crippen MR) is 43.8 cm³/mol. The molecule has 52 valence electrons. The third kappa shape index (κ3) is 1.60. The van der Waals surface area contributed by atoms with Crippen molar-refractivity contribution < 1.29 is 0 Å². The molecule has 1 aromatic rings. The number of nitriles is 1. The minimum Gasteiger partial charge on any atom is -0.192 e. The summed E-state index contributed by atoms with van der Waals surface area (Å²) in [4.78, 5) is 0. The highest BCUT2D eigenvalue weighted by molar-refractivity contribution is 5.43. The van der Waals surface area contributed by atoms with Crippen molar-refractivity contribution in [2.24, 2.45) is 0 Å². The largest absolute Gasteiger partial charge is 0.192 e. The molecule has 0 bridgehead atoms. The van der Waals surface area contributed by atoms with Gasteiger partial charge in [-0.2, -0.15) is 5.26 Å². The van der Waals surface area contributed by atoms with Crippen LogP contribution in [0.25, 0.3) is 0 Å². The first-order valence-corrected chi connectivity index (χ1v) is 3.24. The van der Waals surface area contributed by atoms with E-state index in [0.29, 0.717) is 5.56 Å². The van der Waals surface area contributed by atoms with Crippen molar-refractivity contribution in [1.29, 1.82) is 5.26 Å². The van der Waals surface area contributed by atoms with E-state index in [9.17, 15) is 0 Å². The van der Waals surface area contributed by atoms with Gasteiger partial charge >= 0.3 is 0 Å². The van der Waals surface area contributed by atoms with Gasteiger partial charge in [0.1, 0.15) is 0 Å². The van der Waals surface area contributed by atoms with E-state index in [0.717, 1.165) is 11.1 Å². The molecule has 0 saturated carbocycles. The van der Waals surface area contributed by atoms with E-state index in [1.54, 1.807) is 12.1 Å². The molecule has 0 radical (unpaired) electrons. The summed E-state index contributed by atoms with van der Waals surface area (Å²) in [5.74, 6) is 2.49. The van der Waals surface area contributed by atoms with Crippen LogP contribution in [0.3, 0.4) is 0 Å². The summed E-state index contributed by atoms with van der Waals surface area (Å²) in [6, 6.07) is 7.43. The Kier molecular flexibility index (Phi) is 1.95. The zero-order valence-corrected chi connectivity index (χ0v) is 6.26. The highest BCUT2D eigenvalue weighted by atomic mass is 14.2. The molecule has 0 saturated heterocycles. The van der Waals surface area contributed by atoms with Crippen molar-refractivity contribution in [3.05, 3.63) is 34.9 Å². The lowest BCUT2D eigenvalue weighted by atomic mass is 10.1. The number of hydrogen-bond acceptors (Lipinski definition) is 1. The molecule has 0 atom stereocenters. The first kappa shape index (κ1) is 7.38. The number of hydrogen-bond donors (Lipinski definition) is 0. The molecule has 0 unspecified atom stereocenters. The van der Waals surface area contributed by atoms with E-state index in [1.165, 1.54) is 0 Å². The van der Waals surface area contributed by atoms with Crippen LogP contribution in [0.2, 0.25) is 0 Å². The van der Waals surface area contributed by atoms with Crippen molar-refractivity contribution in [1.82, 2.24) is 0 Å². The number of benzene rings is 1. The summed E-state index contributed by atoms with van der Waals surface area (Å²) in [6.45, 7) is 1.92. The molecule has 1 nitrogen and oxygen atoms in total. The van der Waals surface area contributed by atoms with Gasteiger partial charge in [0.05, 0.1) is 11.6 Å². The quantitative estimate of drug-likeness (QED) is 0.506. The second kappa shape index (κ2) is 2.90. The molecule has 1 aromatic carbocycles. The monoisotopic (exact) mass is 141 g/mol. The fraction of sp³-hybridized carbons (Fsp3) is 0.100. The highest BCUT2D eigenvalue weighted by Crippen LogP contribution is 2.07. The molecule has 0 aromatic heterocycles. The Morgan fingerprint density at radius 3 is 2.45 bits per heavy atom. The van der Waals surface area contributed by atoms with E-state index >= 15 is 0 Å². The summed E-state index contributed by atoms with van der Waals surface area (Å²) in [6.07, 6.45) is 5.18. The van der Waals surface area contributed by atoms with E-state index in [4.69, 9.17) is 11.7 Å². The van der Waals surface area contributed by atoms with Gasteiger partial charge in [-0.3, -0.25) is 0 Å². The van der Waals surface area contributed by atoms with Gasteiger partial charge in [-0.15, -0.1) is 6.42 Å². The lowest BCUT2D eigenvalue weighted by Gasteiger charge is -1.94. The van der Waals surface area contributed by atoms with E-state index < -0.39 is 0 Å². The zero-order chi connectivity index (χ0) is 8.27. The Morgan fingerprint density at radius 1 is 1.27 bits per heavy atom. The second-order valence-corrected chi connectivity index (χ2v) is 2.34. The predicted octanol–water partition coefficient (Wildman–Crippen LogP) is 1.85. The SMILES string of the molecule is C#Cc1cc(C)cc(C#N)c1. The van der Waals surface area contributed by atoms with Crippen LogP contribution in [0, 0.1) is 30.6 Å². The Balaban J connectivity index is 3.28. The van der Waals surface area contributed by atoms with Gasteiger partial charge in [0.25, 0.3) is 0 Å². The van der Waals surface area contributed by atoms with Crippen LogP contribution in [0.4, 0.5) is 0 Å². The molecule has 0 aliphatic carbocycles. The smallest absolute Gasteiger partial charge is 0.0992 e.